The van der Waals surface area contributed by atoms with E-state index in [1.54, 1.807) is 0 Å². The minimum absolute atomic E-state index is 0.0148. The molecule has 14 heavy (non-hydrogen) atoms. The van der Waals surface area contributed by atoms with E-state index in [2.05, 4.69) is 23.2 Å². The van der Waals surface area contributed by atoms with Crippen molar-refractivity contribution in [3.05, 3.63) is 0 Å². The normalized spacial score (nSPS) is 28.1. The van der Waals surface area contributed by atoms with Crippen LogP contribution in [0.5, 0.6) is 0 Å². The summed E-state index contributed by atoms with van der Waals surface area (Å²) in [7, 11) is 0. The van der Waals surface area contributed by atoms with Gasteiger partial charge in [-0.2, -0.15) is 5.26 Å². The third-order valence-electron chi connectivity index (χ3n) is 2.44. The molecule has 0 aromatic heterocycles. The molecule has 1 rings (SSSR count). The monoisotopic (exact) mass is 195 g/mol. The minimum Gasteiger partial charge on any atom is -0.352 e. The highest BCUT2D eigenvalue weighted by Gasteiger charge is 2.24. The van der Waals surface area contributed by atoms with Crippen molar-refractivity contribution < 1.29 is 4.79 Å². The number of nitriles is 1. The van der Waals surface area contributed by atoms with Gasteiger partial charge in [-0.15, -0.1) is 0 Å². The summed E-state index contributed by atoms with van der Waals surface area (Å²) in [6.07, 6.45) is 1.02. The van der Waals surface area contributed by atoms with Crippen molar-refractivity contribution in [3.8, 4) is 6.07 Å². The van der Waals surface area contributed by atoms with Gasteiger partial charge in [-0.05, 0) is 12.3 Å². The maximum absolute atomic E-state index is 10.9. The van der Waals surface area contributed by atoms with Crippen LogP contribution in [-0.4, -0.2) is 36.5 Å². The first kappa shape index (κ1) is 11.0. The Balaban J connectivity index is 2.46. The van der Waals surface area contributed by atoms with Crippen molar-refractivity contribution in [2.24, 2.45) is 5.92 Å². The lowest BCUT2D eigenvalue weighted by Crippen LogP contribution is -2.49. The second-order valence-corrected chi connectivity index (χ2v) is 4.09. The van der Waals surface area contributed by atoms with Crippen molar-refractivity contribution >= 4 is 5.91 Å². The molecule has 1 N–H and O–H groups in total. The number of carbonyl (C=O) groups excluding carboxylic acids is 1. The van der Waals surface area contributed by atoms with Crippen LogP contribution < -0.4 is 5.32 Å². The zero-order valence-corrected chi connectivity index (χ0v) is 8.79. The van der Waals surface area contributed by atoms with Gasteiger partial charge in [0, 0.05) is 26.1 Å². The lowest BCUT2D eigenvalue weighted by molar-refractivity contribution is -0.120. The summed E-state index contributed by atoms with van der Waals surface area (Å²) in [5, 5.41) is 11.5. The van der Waals surface area contributed by atoms with Crippen LogP contribution in [0, 0.1) is 17.2 Å². The Kier molecular flexibility index (Phi) is 3.90. The minimum atomic E-state index is 0.0148. The van der Waals surface area contributed by atoms with E-state index >= 15 is 0 Å². The highest BCUT2D eigenvalue weighted by Crippen LogP contribution is 2.15. The summed E-state index contributed by atoms with van der Waals surface area (Å²) in [6, 6.07) is 2.36. The number of piperidine rings is 1. The number of hydrogen-bond acceptors (Lipinski definition) is 3. The van der Waals surface area contributed by atoms with Gasteiger partial charge in [0.15, 0.2) is 0 Å². The average molecular weight is 195 g/mol. The Bertz CT molecular complexity index is 246. The van der Waals surface area contributed by atoms with Gasteiger partial charge in [0.05, 0.1) is 12.6 Å². The molecule has 1 aliphatic heterocycles. The standard InChI is InChI=1S/C10H17N3O/c1-8-5-10(12-9(2)14)7-13(6-8)4-3-11/h8,10H,4-7H2,1-2H3,(H,12,14). The summed E-state index contributed by atoms with van der Waals surface area (Å²) in [5.41, 5.74) is 0. The molecule has 1 saturated heterocycles. The molecule has 1 heterocycles. The molecule has 2 unspecified atom stereocenters. The molecule has 1 fully saturated rings. The van der Waals surface area contributed by atoms with Crippen molar-refractivity contribution in [2.45, 2.75) is 26.3 Å². The van der Waals surface area contributed by atoms with Crippen LogP contribution in [0.2, 0.25) is 0 Å². The average Bonchev–Trinajstić information content (AvgIpc) is 2.01. The van der Waals surface area contributed by atoms with Gasteiger partial charge in [-0.1, -0.05) is 6.92 Å². The summed E-state index contributed by atoms with van der Waals surface area (Å²) >= 11 is 0. The molecule has 4 nitrogen and oxygen atoms in total. The van der Waals surface area contributed by atoms with Crippen LogP contribution >= 0.6 is 0 Å². The zero-order valence-electron chi connectivity index (χ0n) is 8.79. The van der Waals surface area contributed by atoms with Gasteiger partial charge in [-0.3, -0.25) is 9.69 Å². The first-order valence-corrected chi connectivity index (χ1v) is 4.98. The number of carbonyl (C=O) groups is 1. The quantitative estimate of drug-likeness (QED) is 0.647. The number of nitrogens with one attached hydrogen (secondary N) is 1. The number of nitrogens with zero attached hydrogens (tertiary/aromatic N) is 2. The molecule has 0 bridgehead atoms. The molecule has 4 heteroatoms. The molecule has 0 aromatic rings. The third-order valence-corrected chi connectivity index (χ3v) is 2.44. The zero-order chi connectivity index (χ0) is 10.6. The van der Waals surface area contributed by atoms with Crippen LogP contribution in [0.1, 0.15) is 20.3 Å². The van der Waals surface area contributed by atoms with Gasteiger partial charge in [0.2, 0.25) is 5.91 Å². The molecule has 78 valence electrons. The van der Waals surface area contributed by atoms with Crippen molar-refractivity contribution in [2.75, 3.05) is 19.6 Å². The summed E-state index contributed by atoms with van der Waals surface area (Å²) in [5.74, 6) is 0.565. The SMILES string of the molecule is CC(=O)NC1CC(C)CN(CC#N)C1. The lowest BCUT2D eigenvalue weighted by Gasteiger charge is -2.35. The Labute approximate surface area is 84.9 Å². The van der Waals surface area contributed by atoms with E-state index in [-0.39, 0.29) is 11.9 Å². The van der Waals surface area contributed by atoms with E-state index in [1.165, 1.54) is 6.92 Å². The van der Waals surface area contributed by atoms with Crippen LogP contribution in [0.15, 0.2) is 0 Å². The van der Waals surface area contributed by atoms with Crippen molar-refractivity contribution in [1.29, 1.82) is 5.26 Å². The molecule has 1 aliphatic rings. The van der Waals surface area contributed by atoms with Crippen LogP contribution in [0.25, 0.3) is 0 Å². The summed E-state index contributed by atoms with van der Waals surface area (Å²) < 4.78 is 0. The van der Waals surface area contributed by atoms with E-state index in [0.29, 0.717) is 12.5 Å². The van der Waals surface area contributed by atoms with Gasteiger partial charge in [-0.25, -0.2) is 0 Å². The molecular formula is C10H17N3O. The molecule has 0 spiro atoms. The summed E-state index contributed by atoms with van der Waals surface area (Å²) in [4.78, 5) is 13.0. The molecular weight excluding hydrogens is 178 g/mol. The largest absolute Gasteiger partial charge is 0.352 e. The Morgan fingerprint density at radius 2 is 2.36 bits per heavy atom. The van der Waals surface area contributed by atoms with E-state index in [4.69, 9.17) is 5.26 Å². The number of hydrogen-bond donors (Lipinski definition) is 1. The Morgan fingerprint density at radius 3 is 2.93 bits per heavy atom. The fourth-order valence-electron chi connectivity index (χ4n) is 2.08. The second-order valence-electron chi connectivity index (χ2n) is 4.09. The second kappa shape index (κ2) is 4.97. The number of likely N-dealkylation sites (tertiary alicyclic amines) is 1. The molecule has 0 aromatic carbocycles. The highest BCUT2D eigenvalue weighted by molar-refractivity contribution is 5.73. The van der Waals surface area contributed by atoms with Crippen LogP contribution in [-0.2, 0) is 4.79 Å². The predicted molar refractivity (Wildman–Crippen MR) is 53.4 cm³/mol. The van der Waals surface area contributed by atoms with Crippen molar-refractivity contribution in [3.63, 3.8) is 0 Å². The maximum atomic E-state index is 10.9. The Hall–Kier alpha value is -1.08. The van der Waals surface area contributed by atoms with Crippen LogP contribution in [0.3, 0.4) is 0 Å². The lowest BCUT2D eigenvalue weighted by atomic mass is 9.96. The van der Waals surface area contributed by atoms with Crippen LogP contribution in [0.4, 0.5) is 0 Å². The molecule has 2 atom stereocenters. The van der Waals surface area contributed by atoms with E-state index in [9.17, 15) is 4.79 Å². The fourth-order valence-corrected chi connectivity index (χ4v) is 2.08. The first-order chi connectivity index (χ1) is 6.61. The molecule has 0 aliphatic carbocycles. The highest BCUT2D eigenvalue weighted by atomic mass is 16.1. The summed E-state index contributed by atoms with van der Waals surface area (Å²) in [6.45, 7) is 5.91. The van der Waals surface area contributed by atoms with Crippen molar-refractivity contribution in [1.82, 2.24) is 10.2 Å². The molecule has 0 radical (unpaired) electrons. The fraction of sp³-hybridized carbons (Fsp3) is 0.800. The van der Waals surface area contributed by atoms with Gasteiger partial charge in [0.1, 0.15) is 0 Å². The third kappa shape index (κ3) is 3.35. The number of amides is 1. The topological polar surface area (TPSA) is 56.1 Å². The van der Waals surface area contributed by atoms with E-state index in [0.717, 1.165) is 19.5 Å². The van der Waals surface area contributed by atoms with E-state index in [1.807, 2.05) is 0 Å². The number of rotatable bonds is 2. The predicted octanol–water partition coefficient (Wildman–Crippen LogP) is 0.356. The van der Waals surface area contributed by atoms with Gasteiger partial charge < -0.3 is 5.32 Å². The Morgan fingerprint density at radius 1 is 1.64 bits per heavy atom. The van der Waals surface area contributed by atoms with Gasteiger partial charge in [0.25, 0.3) is 0 Å². The first-order valence-electron chi connectivity index (χ1n) is 4.98. The molecule has 0 saturated carbocycles. The van der Waals surface area contributed by atoms with Gasteiger partial charge >= 0.3 is 0 Å². The molecule has 1 amide bonds. The van der Waals surface area contributed by atoms with E-state index < -0.39 is 0 Å². The maximum Gasteiger partial charge on any atom is 0.217 e. The smallest absolute Gasteiger partial charge is 0.217 e.